The van der Waals surface area contributed by atoms with Gasteiger partial charge in [-0.05, 0) is 35.7 Å². The number of sulfonamides is 1. The number of anilines is 1. The van der Waals surface area contributed by atoms with Gasteiger partial charge in [0.1, 0.15) is 10.0 Å². The summed E-state index contributed by atoms with van der Waals surface area (Å²) >= 11 is 1.10. The van der Waals surface area contributed by atoms with E-state index < -0.39 is 10.0 Å². The van der Waals surface area contributed by atoms with Crippen molar-refractivity contribution in [2.75, 3.05) is 45.1 Å². The van der Waals surface area contributed by atoms with E-state index in [1.807, 2.05) is 0 Å². The fourth-order valence-corrected chi connectivity index (χ4v) is 5.16. The molecule has 1 saturated heterocycles. The Morgan fingerprint density at radius 3 is 2.31 bits per heavy atom. The number of hydrogen-bond acceptors (Lipinski definition) is 5. The summed E-state index contributed by atoms with van der Waals surface area (Å²) in [4.78, 5) is 27.9. The Morgan fingerprint density at radius 1 is 1.10 bits per heavy atom. The van der Waals surface area contributed by atoms with E-state index in [9.17, 15) is 22.4 Å². The molecule has 0 atom stereocenters. The molecule has 8 nitrogen and oxygen atoms in total. The van der Waals surface area contributed by atoms with E-state index in [0.29, 0.717) is 31.9 Å². The number of carbonyl (C=O) groups excluding carboxylic acids is 2. The van der Waals surface area contributed by atoms with Gasteiger partial charge >= 0.3 is 6.03 Å². The lowest BCUT2D eigenvalue weighted by atomic mass is 10.3. The highest BCUT2D eigenvalue weighted by Crippen LogP contribution is 2.20. The normalized spacial score (nSPS) is 14.9. The van der Waals surface area contributed by atoms with E-state index in [-0.39, 0.29) is 28.5 Å². The lowest BCUT2D eigenvalue weighted by Gasteiger charge is -2.35. The highest BCUT2D eigenvalue weighted by molar-refractivity contribution is 7.91. The van der Waals surface area contributed by atoms with Gasteiger partial charge in [-0.15, -0.1) is 11.3 Å². The first-order valence-electron chi connectivity index (χ1n) is 8.86. The average molecular weight is 441 g/mol. The van der Waals surface area contributed by atoms with Crippen molar-refractivity contribution < 1.29 is 22.4 Å². The zero-order valence-corrected chi connectivity index (χ0v) is 17.4. The molecule has 1 aliphatic heterocycles. The Labute approximate surface area is 172 Å². The predicted octanol–water partition coefficient (Wildman–Crippen LogP) is 1.88. The maximum absolute atomic E-state index is 12.9. The summed E-state index contributed by atoms with van der Waals surface area (Å²) in [5.41, 5.74) is 0.482. The van der Waals surface area contributed by atoms with E-state index in [4.69, 9.17) is 0 Å². The highest BCUT2D eigenvalue weighted by atomic mass is 32.2. The van der Waals surface area contributed by atoms with Crippen LogP contribution in [0.3, 0.4) is 0 Å². The molecule has 11 heteroatoms. The highest BCUT2D eigenvalue weighted by Gasteiger charge is 2.28. The summed E-state index contributed by atoms with van der Waals surface area (Å²) in [5, 5.41) is 4.35. The van der Waals surface area contributed by atoms with E-state index in [1.54, 1.807) is 21.2 Å². The topological polar surface area (TPSA) is 90.0 Å². The summed E-state index contributed by atoms with van der Waals surface area (Å²) in [6.45, 7) is 0.993. The maximum Gasteiger partial charge on any atom is 0.321 e. The first-order valence-corrected chi connectivity index (χ1v) is 11.2. The smallest absolute Gasteiger partial charge is 0.321 e. The van der Waals surface area contributed by atoms with Gasteiger partial charge in [-0.1, -0.05) is 6.07 Å². The molecule has 0 saturated carbocycles. The SMILES string of the molecule is CN(CC(=O)N1CCN(C(=O)Nc2ccc(F)cc2)CC1)S(=O)(=O)c1cccs1. The molecule has 0 radical (unpaired) electrons. The minimum Gasteiger partial charge on any atom is -0.338 e. The molecule has 0 spiro atoms. The van der Waals surface area contributed by atoms with Crippen molar-refractivity contribution in [3.05, 3.63) is 47.6 Å². The molecule has 2 heterocycles. The average Bonchev–Trinajstić information content (AvgIpc) is 3.25. The number of piperazine rings is 1. The maximum atomic E-state index is 12.9. The Hall–Kier alpha value is -2.50. The standard InChI is InChI=1S/C18H21FN4O4S2/c1-21(29(26,27)17-3-2-12-28-17)13-16(24)22-8-10-23(11-9-22)18(25)20-15-6-4-14(19)5-7-15/h2-7,12H,8-11,13H2,1H3,(H,20,25). The summed E-state index contributed by atoms with van der Waals surface area (Å²) in [6, 6.07) is 8.26. The van der Waals surface area contributed by atoms with Crippen molar-refractivity contribution in [2.45, 2.75) is 4.21 Å². The zero-order valence-electron chi connectivity index (χ0n) is 15.7. The second-order valence-corrected chi connectivity index (χ2v) is 9.72. The molecule has 1 aromatic carbocycles. The van der Waals surface area contributed by atoms with Crippen LogP contribution in [-0.2, 0) is 14.8 Å². The third-order valence-corrected chi connectivity index (χ3v) is 7.71. The summed E-state index contributed by atoms with van der Waals surface area (Å²) in [5.74, 6) is -0.701. The Kier molecular flexibility index (Phi) is 6.50. The van der Waals surface area contributed by atoms with Crippen molar-refractivity contribution in [1.29, 1.82) is 0 Å². The van der Waals surface area contributed by atoms with Gasteiger partial charge in [0.15, 0.2) is 0 Å². The lowest BCUT2D eigenvalue weighted by molar-refractivity contribution is -0.132. The van der Waals surface area contributed by atoms with Crippen LogP contribution in [0, 0.1) is 5.82 Å². The molecule has 3 amide bonds. The number of rotatable bonds is 5. The van der Waals surface area contributed by atoms with Crippen LogP contribution < -0.4 is 5.32 Å². The third kappa shape index (κ3) is 5.11. The fourth-order valence-electron chi connectivity index (χ4n) is 2.83. The predicted molar refractivity (Wildman–Crippen MR) is 108 cm³/mol. The first-order chi connectivity index (χ1) is 13.8. The number of thiophene rings is 1. The molecule has 156 valence electrons. The number of halogens is 1. The quantitative estimate of drug-likeness (QED) is 0.769. The third-order valence-electron chi connectivity index (χ3n) is 4.53. The first kappa shape index (κ1) is 21.2. The molecule has 3 rings (SSSR count). The Morgan fingerprint density at radius 2 is 1.72 bits per heavy atom. The molecular weight excluding hydrogens is 419 g/mol. The Bertz CT molecular complexity index is 956. The minimum absolute atomic E-state index is 0.190. The molecule has 0 bridgehead atoms. The van der Waals surface area contributed by atoms with Crippen LogP contribution in [0.2, 0.25) is 0 Å². The monoisotopic (exact) mass is 440 g/mol. The van der Waals surface area contributed by atoms with Crippen LogP contribution in [0.4, 0.5) is 14.9 Å². The van der Waals surface area contributed by atoms with Gasteiger partial charge in [-0.25, -0.2) is 17.6 Å². The zero-order chi connectivity index (χ0) is 21.0. The molecule has 1 aliphatic rings. The van der Waals surface area contributed by atoms with Gasteiger partial charge in [0, 0.05) is 38.9 Å². The van der Waals surface area contributed by atoms with Crippen LogP contribution in [0.15, 0.2) is 46.0 Å². The van der Waals surface area contributed by atoms with Crippen molar-refractivity contribution in [3.63, 3.8) is 0 Å². The molecule has 0 aliphatic carbocycles. The van der Waals surface area contributed by atoms with E-state index in [2.05, 4.69) is 5.32 Å². The van der Waals surface area contributed by atoms with Gasteiger partial charge in [-0.2, -0.15) is 4.31 Å². The van der Waals surface area contributed by atoms with Crippen LogP contribution in [0.1, 0.15) is 0 Å². The number of nitrogens with zero attached hydrogens (tertiary/aromatic N) is 3. The van der Waals surface area contributed by atoms with E-state index in [1.165, 1.54) is 37.4 Å². The minimum atomic E-state index is -3.69. The number of likely N-dealkylation sites (N-methyl/N-ethyl adjacent to an activating group) is 1. The summed E-state index contributed by atoms with van der Waals surface area (Å²) < 4.78 is 39.0. The summed E-state index contributed by atoms with van der Waals surface area (Å²) in [7, 11) is -2.31. The van der Waals surface area contributed by atoms with Crippen molar-refractivity contribution in [3.8, 4) is 0 Å². The van der Waals surface area contributed by atoms with Crippen LogP contribution in [0.25, 0.3) is 0 Å². The van der Waals surface area contributed by atoms with Crippen molar-refractivity contribution >= 4 is 39.0 Å². The van der Waals surface area contributed by atoms with Gasteiger partial charge in [0.2, 0.25) is 5.91 Å². The molecular formula is C18H21FN4O4S2. The van der Waals surface area contributed by atoms with Gasteiger partial charge in [-0.3, -0.25) is 4.79 Å². The van der Waals surface area contributed by atoms with Gasteiger partial charge in [0.05, 0.1) is 6.54 Å². The number of carbonyl (C=O) groups is 2. The molecule has 29 heavy (non-hydrogen) atoms. The van der Waals surface area contributed by atoms with Crippen LogP contribution in [-0.4, -0.2) is 74.2 Å². The Balaban J connectivity index is 1.50. The van der Waals surface area contributed by atoms with Crippen molar-refractivity contribution in [1.82, 2.24) is 14.1 Å². The molecule has 1 fully saturated rings. The number of amides is 3. The number of nitrogens with one attached hydrogen (secondary N) is 1. The second-order valence-electron chi connectivity index (χ2n) is 6.50. The lowest BCUT2D eigenvalue weighted by Crippen LogP contribution is -2.53. The number of hydrogen-bond donors (Lipinski definition) is 1. The molecule has 1 aromatic heterocycles. The van der Waals surface area contributed by atoms with Gasteiger partial charge in [0.25, 0.3) is 10.0 Å². The number of urea groups is 1. The molecule has 1 N–H and O–H groups in total. The molecule has 0 unspecified atom stereocenters. The van der Waals surface area contributed by atoms with Crippen LogP contribution in [0.5, 0.6) is 0 Å². The summed E-state index contributed by atoms with van der Waals surface area (Å²) in [6.07, 6.45) is 0. The van der Waals surface area contributed by atoms with Gasteiger partial charge < -0.3 is 15.1 Å². The molecule has 2 aromatic rings. The van der Waals surface area contributed by atoms with E-state index in [0.717, 1.165) is 15.6 Å². The number of benzene rings is 1. The second kappa shape index (κ2) is 8.89. The largest absolute Gasteiger partial charge is 0.338 e. The van der Waals surface area contributed by atoms with Crippen LogP contribution >= 0.6 is 11.3 Å². The van der Waals surface area contributed by atoms with E-state index >= 15 is 0 Å². The van der Waals surface area contributed by atoms with Crippen molar-refractivity contribution in [2.24, 2.45) is 0 Å². The fraction of sp³-hybridized carbons (Fsp3) is 0.333.